The first-order chi connectivity index (χ1) is 4.88. The van der Waals surface area contributed by atoms with Crippen molar-refractivity contribution in [1.29, 1.82) is 0 Å². The summed E-state index contributed by atoms with van der Waals surface area (Å²) in [4.78, 5) is 0. The molecule has 10 heavy (non-hydrogen) atoms. The highest BCUT2D eigenvalue weighted by molar-refractivity contribution is 5.83. The molecule has 2 N–H and O–H groups in total. The molecule has 2 rings (SSSR count). The van der Waals surface area contributed by atoms with Crippen LogP contribution in [0.5, 0.6) is 5.75 Å². The van der Waals surface area contributed by atoms with Crippen molar-refractivity contribution in [2.24, 2.45) is 0 Å². The lowest BCUT2D eigenvalue weighted by molar-refractivity contribution is 0.481. The number of nitrogens with zero attached hydrogens (tertiary/aromatic N) is 1. The molecular weight excluding hydrogens is 128 g/mol. The molecule has 0 aliphatic heterocycles. The van der Waals surface area contributed by atoms with Crippen LogP contribution in [-0.2, 0) is 0 Å². The van der Waals surface area contributed by atoms with Crippen molar-refractivity contribution >= 4 is 10.9 Å². The number of aromatic nitrogens is 2. The number of phenols is 1. The molecule has 0 unspecified atom stereocenters. The number of aromatic hydroxyl groups is 1. The summed E-state index contributed by atoms with van der Waals surface area (Å²) in [5, 5.41) is 16.2. The summed E-state index contributed by atoms with van der Waals surface area (Å²) in [6, 6.07) is 5.19. The fourth-order valence-electron chi connectivity index (χ4n) is 0.895. The molecule has 1 aromatic heterocycles. The first kappa shape index (κ1) is 5.29. The lowest BCUT2D eigenvalue weighted by atomic mass is 10.2. The topological polar surface area (TPSA) is 48.9 Å². The SMILES string of the molecule is Oc1cccc2[nH]n[c]c12. The smallest absolute Gasteiger partial charge is 0.127 e. The standard InChI is InChI=1S/C7H5N2O/c10-7-3-1-2-6-5(7)4-8-9-6/h1-3,10H,(H,8,9). The van der Waals surface area contributed by atoms with Gasteiger partial charge in [-0.3, -0.25) is 5.10 Å². The highest BCUT2D eigenvalue weighted by Crippen LogP contribution is 2.20. The second-order valence-corrected chi connectivity index (χ2v) is 2.04. The van der Waals surface area contributed by atoms with Gasteiger partial charge in [0.05, 0.1) is 10.9 Å². The summed E-state index contributed by atoms with van der Waals surface area (Å²) < 4.78 is 0. The van der Waals surface area contributed by atoms with Gasteiger partial charge in [-0.05, 0) is 12.1 Å². The summed E-state index contributed by atoms with van der Waals surface area (Å²) in [6.45, 7) is 0. The molecular formula is C7H5N2O. The molecule has 0 spiro atoms. The minimum atomic E-state index is 0.214. The molecule has 0 bridgehead atoms. The number of hydrogen-bond donors (Lipinski definition) is 2. The Labute approximate surface area is 57.3 Å². The number of rotatable bonds is 0. The Hall–Kier alpha value is -1.51. The van der Waals surface area contributed by atoms with Gasteiger partial charge in [-0.1, -0.05) is 6.07 Å². The van der Waals surface area contributed by atoms with Gasteiger partial charge in [-0.15, -0.1) is 0 Å². The molecule has 1 radical (unpaired) electrons. The lowest BCUT2D eigenvalue weighted by Gasteiger charge is -1.89. The van der Waals surface area contributed by atoms with Gasteiger partial charge in [0.2, 0.25) is 0 Å². The molecule has 0 aliphatic carbocycles. The maximum Gasteiger partial charge on any atom is 0.127 e. The van der Waals surface area contributed by atoms with Crippen molar-refractivity contribution < 1.29 is 5.11 Å². The van der Waals surface area contributed by atoms with Crippen molar-refractivity contribution in [3.8, 4) is 5.75 Å². The van der Waals surface area contributed by atoms with E-state index in [2.05, 4.69) is 16.4 Å². The van der Waals surface area contributed by atoms with Crippen molar-refractivity contribution in [3.63, 3.8) is 0 Å². The number of phenolic OH excluding ortho intramolecular Hbond substituents is 1. The molecule has 1 aromatic carbocycles. The Morgan fingerprint density at radius 1 is 1.50 bits per heavy atom. The molecule has 0 aliphatic rings. The molecule has 0 fully saturated rings. The molecule has 0 atom stereocenters. The van der Waals surface area contributed by atoms with Crippen LogP contribution < -0.4 is 0 Å². The molecule has 3 nitrogen and oxygen atoms in total. The Bertz CT molecular complexity index is 353. The van der Waals surface area contributed by atoms with Gasteiger partial charge in [0.15, 0.2) is 0 Å². The van der Waals surface area contributed by atoms with Crippen LogP contribution in [0.25, 0.3) is 10.9 Å². The number of nitrogens with one attached hydrogen (secondary N) is 1. The van der Waals surface area contributed by atoms with Gasteiger partial charge in [0.1, 0.15) is 11.9 Å². The summed E-state index contributed by atoms with van der Waals surface area (Å²) in [5.74, 6) is 0.214. The van der Waals surface area contributed by atoms with Crippen molar-refractivity contribution in [1.82, 2.24) is 10.2 Å². The molecule has 0 saturated heterocycles. The normalized spacial score (nSPS) is 10.4. The molecule has 0 saturated carbocycles. The van der Waals surface area contributed by atoms with Crippen LogP contribution in [0.3, 0.4) is 0 Å². The van der Waals surface area contributed by atoms with Crippen LogP contribution in [-0.4, -0.2) is 15.3 Å². The summed E-state index contributed by atoms with van der Waals surface area (Å²) >= 11 is 0. The third-order valence-electron chi connectivity index (χ3n) is 1.39. The van der Waals surface area contributed by atoms with Crippen LogP contribution >= 0.6 is 0 Å². The van der Waals surface area contributed by atoms with E-state index in [9.17, 15) is 0 Å². The lowest BCUT2D eigenvalue weighted by Crippen LogP contribution is -1.67. The van der Waals surface area contributed by atoms with E-state index >= 15 is 0 Å². The van der Waals surface area contributed by atoms with Gasteiger partial charge in [-0.25, -0.2) is 0 Å². The predicted octanol–water partition coefficient (Wildman–Crippen LogP) is 1.07. The van der Waals surface area contributed by atoms with Gasteiger partial charge in [0.25, 0.3) is 0 Å². The van der Waals surface area contributed by atoms with E-state index in [4.69, 9.17) is 5.11 Å². The van der Waals surface area contributed by atoms with Crippen LogP contribution in [0.15, 0.2) is 18.2 Å². The molecule has 1 heterocycles. The minimum Gasteiger partial charge on any atom is -0.507 e. The monoisotopic (exact) mass is 133 g/mol. The summed E-state index contributed by atoms with van der Waals surface area (Å²) in [6.07, 6.45) is 2.63. The number of benzene rings is 1. The third kappa shape index (κ3) is 0.572. The van der Waals surface area contributed by atoms with E-state index in [0.717, 1.165) is 5.52 Å². The fraction of sp³-hybridized carbons (Fsp3) is 0. The highest BCUT2D eigenvalue weighted by atomic mass is 16.3. The van der Waals surface area contributed by atoms with Crippen LogP contribution in [0, 0.1) is 6.20 Å². The Kier molecular flexibility index (Phi) is 0.917. The zero-order valence-corrected chi connectivity index (χ0v) is 5.13. The van der Waals surface area contributed by atoms with Crippen LogP contribution in [0.4, 0.5) is 0 Å². The predicted molar refractivity (Wildman–Crippen MR) is 36.6 cm³/mol. The van der Waals surface area contributed by atoms with E-state index < -0.39 is 0 Å². The number of hydrogen-bond acceptors (Lipinski definition) is 2. The molecule has 0 amide bonds. The van der Waals surface area contributed by atoms with E-state index in [1.54, 1.807) is 12.1 Å². The molecule has 3 heteroatoms. The second-order valence-electron chi connectivity index (χ2n) is 2.04. The average molecular weight is 133 g/mol. The Morgan fingerprint density at radius 3 is 3.20 bits per heavy atom. The average Bonchev–Trinajstić information content (AvgIpc) is 2.36. The summed E-state index contributed by atoms with van der Waals surface area (Å²) in [7, 11) is 0. The zero-order chi connectivity index (χ0) is 6.97. The fourth-order valence-corrected chi connectivity index (χ4v) is 0.895. The van der Waals surface area contributed by atoms with Crippen molar-refractivity contribution in [3.05, 3.63) is 24.4 Å². The van der Waals surface area contributed by atoms with Crippen LogP contribution in [0.1, 0.15) is 0 Å². The summed E-state index contributed by atoms with van der Waals surface area (Å²) in [5.41, 5.74) is 0.806. The third-order valence-corrected chi connectivity index (χ3v) is 1.39. The maximum absolute atomic E-state index is 9.17. The van der Waals surface area contributed by atoms with E-state index in [0.29, 0.717) is 5.39 Å². The number of aromatic amines is 1. The van der Waals surface area contributed by atoms with E-state index in [1.165, 1.54) is 0 Å². The molecule has 2 aromatic rings. The number of H-pyrrole nitrogens is 1. The minimum absolute atomic E-state index is 0.214. The number of fused-ring (bicyclic) bond motifs is 1. The van der Waals surface area contributed by atoms with Gasteiger partial charge < -0.3 is 5.11 Å². The Morgan fingerprint density at radius 2 is 2.40 bits per heavy atom. The molecule has 49 valence electrons. The maximum atomic E-state index is 9.17. The van der Waals surface area contributed by atoms with Gasteiger partial charge >= 0.3 is 0 Å². The Balaban J connectivity index is 2.95. The highest BCUT2D eigenvalue weighted by Gasteiger charge is 1.98. The largest absolute Gasteiger partial charge is 0.507 e. The van der Waals surface area contributed by atoms with Gasteiger partial charge in [-0.2, -0.15) is 5.10 Å². The van der Waals surface area contributed by atoms with Crippen molar-refractivity contribution in [2.75, 3.05) is 0 Å². The first-order valence-corrected chi connectivity index (χ1v) is 2.91. The van der Waals surface area contributed by atoms with Gasteiger partial charge in [0, 0.05) is 0 Å². The van der Waals surface area contributed by atoms with Crippen molar-refractivity contribution in [2.45, 2.75) is 0 Å². The van der Waals surface area contributed by atoms with E-state index in [1.807, 2.05) is 6.07 Å². The quantitative estimate of drug-likeness (QED) is 0.564. The first-order valence-electron chi connectivity index (χ1n) is 2.91. The second kappa shape index (κ2) is 1.73. The van der Waals surface area contributed by atoms with E-state index in [-0.39, 0.29) is 5.75 Å². The van der Waals surface area contributed by atoms with Crippen LogP contribution in [0.2, 0.25) is 0 Å². The zero-order valence-electron chi connectivity index (χ0n) is 5.13.